The maximum absolute atomic E-state index is 12.6. The molecule has 0 unspecified atom stereocenters. The number of fused-ring (bicyclic) bond motifs is 1. The number of aromatic amines is 1. The third-order valence-electron chi connectivity index (χ3n) is 2.44. The summed E-state index contributed by atoms with van der Waals surface area (Å²) < 4.78 is 37.7. The minimum absolute atomic E-state index is 0.104. The van der Waals surface area contributed by atoms with Crippen LogP contribution in [0.15, 0.2) is 30.7 Å². The van der Waals surface area contributed by atoms with Crippen molar-refractivity contribution in [1.29, 1.82) is 0 Å². The van der Waals surface area contributed by atoms with E-state index in [1.807, 2.05) is 0 Å². The summed E-state index contributed by atoms with van der Waals surface area (Å²) in [5.41, 5.74) is 0.0605. The number of aromatic nitrogens is 5. The van der Waals surface area contributed by atoms with E-state index in [-0.39, 0.29) is 11.5 Å². The number of hydrogen-bond acceptors (Lipinski definition) is 4. The average molecular weight is 265 g/mol. The average Bonchev–Trinajstić information content (AvgIpc) is 2.81. The highest BCUT2D eigenvalue weighted by Crippen LogP contribution is 2.29. The molecule has 0 aliphatic heterocycles. The number of hydrogen-bond donors (Lipinski definition) is 1. The van der Waals surface area contributed by atoms with Crippen LogP contribution in [-0.4, -0.2) is 24.9 Å². The SMILES string of the molecule is FC(F)(F)c1cccc(-c2nc3ncncc3[nH]2)n1. The second-order valence-corrected chi connectivity index (χ2v) is 3.75. The van der Waals surface area contributed by atoms with Gasteiger partial charge in [-0.15, -0.1) is 0 Å². The molecule has 0 aliphatic carbocycles. The molecular weight excluding hydrogens is 259 g/mol. The molecule has 0 saturated carbocycles. The Morgan fingerprint density at radius 1 is 1.11 bits per heavy atom. The van der Waals surface area contributed by atoms with Crippen LogP contribution in [0.2, 0.25) is 0 Å². The van der Waals surface area contributed by atoms with Crippen molar-refractivity contribution in [3.8, 4) is 11.5 Å². The highest BCUT2D eigenvalue weighted by molar-refractivity contribution is 5.73. The van der Waals surface area contributed by atoms with Crippen molar-refractivity contribution in [2.45, 2.75) is 6.18 Å². The van der Waals surface area contributed by atoms with Gasteiger partial charge in [0.1, 0.15) is 23.2 Å². The molecule has 0 radical (unpaired) electrons. The van der Waals surface area contributed by atoms with E-state index >= 15 is 0 Å². The molecule has 5 nitrogen and oxygen atoms in total. The Morgan fingerprint density at radius 3 is 2.68 bits per heavy atom. The monoisotopic (exact) mass is 265 g/mol. The molecule has 0 aliphatic rings. The van der Waals surface area contributed by atoms with Gasteiger partial charge in [0.15, 0.2) is 11.5 Å². The van der Waals surface area contributed by atoms with Crippen molar-refractivity contribution in [2.75, 3.05) is 0 Å². The Kier molecular flexibility index (Phi) is 2.44. The fourth-order valence-electron chi connectivity index (χ4n) is 1.61. The van der Waals surface area contributed by atoms with Crippen LogP contribution in [-0.2, 0) is 6.18 Å². The number of H-pyrrole nitrogens is 1. The number of nitrogens with zero attached hydrogens (tertiary/aromatic N) is 4. The fraction of sp³-hybridized carbons (Fsp3) is 0.0909. The van der Waals surface area contributed by atoms with Crippen LogP contribution in [0.3, 0.4) is 0 Å². The highest BCUT2D eigenvalue weighted by Gasteiger charge is 2.32. The van der Waals surface area contributed by atoms with E-state index < -0.39 is 11.9 Å². The topological polar surface area (TPSA) is 67.3 Å². The van der Waals surface area contributed by atoms with E-state index in [1.165, 1.54) is 24.7 Å². The molecule has 1 N–H and O–H groups in total. The number of halogens is 3. The number of pyridine rings is 1. The molecule has 8 heteroatoms. The number of alkyl halides is 3. The normalized spacial score (nSPS) is 11.9. The van der Waals surface area contributed by atoms with Gasteiger partial charge in [0.05, 0.1) is 6.20 Å². The highest BCUT2D eigenvalue weighted by atomic mass is 19.4. The number of nitrogens with one attached hydrogen (secondary N) is 1. The van der Waals surface area contributed by atoms with Crippen molar-refractivity contribution in [3.63, 3.8) is 0 Å². The van der Waals surface area contributed by atoms with E-state index in [1.54, 1.807) is 0 Å². The molecule has 3 heterocycles. The first-order valence-electron chi connectivity index (χ1n) is 5.24. The molecule has 0 atom stereocenters. The van der Waals surface area contributed by atoms with Crippen LogP contribution in [0, 0.1) is 0 Å². The quantitative estimate of drug-likeness (QED) is 0.733. The Hall–Kier alpha value is -2.51. The van der Waals surface area contributed by atoms with Gasteiger partial charge in [-0.1, -0.05) is 6.07 Å². The molecule has 0 aromatic carbocycles. The molecule has 3 aromatic heterocycles. The van der Waals surface area contributed by atoms with Crippen molar-refractivity contribution < 1.29 is 13.2 Å². The van der Waals surface area contributed by atoms with Gasteiger partial charge in [-0.25, -0.2) is 19.9 Å². The molecule has 0 saturated heterocycles. The molecule has 96 valence electrons. The zero-order valence-corrected chi connectivity index (χ0v) is 9.31. The number of rotatable bonds is 1. The Labute approximate surface area is 104 Å². The lowest BCUT2D eigenvalue weighted by molar-refractivity contribution is -0.141. The zero-order chi connectivity index (χ0) is 13.5. The molecule has 0 amide bonds. The van der Waals surface area contributed by atoms with Crippen molar-refractivity contribution >= 4 is 11.2 Å². The van der Waals surface area contributed by atoms with Crippen molar-refractivity contribution in [1.82, 2.24) is 24.9 Å². The van der Waals surface area contributed by atoms with Gasteiger partial charge in [-0.05, 0) is 12.1 Å². The summed E-state index contributed by atoms with van der Waals surface area (Å²) in [5, 5.41) is 0. The first-order chi connectivity index (χ1) is 9.04. The second-order valence-electron chi connectivity index (χ2n) is 3.75. The van der Waals surface area contributed by atoms with E-state index in [4.69, 9.17) is 0 Å². The van der Waals surface area contributed by atoms with E-state index in [0.29, 0.717) is 11.2 Å². The third kappa shape index (κ3) is 2.12. The standard InChI is InChI=1S/C11H6F3N5/c12-11(13,14)8-3-1-2-6(17-8)10-18-7-4-15-5-16-9(7)19-10/h1-5H,(H,15,16,18,19). The van der Waals surface area contributed by atoms with Gasteiger partial charge in [-0.3, -0.25) is 0 Å². The van der Waals surface area contributed by atoms with Crippen LogP contribution in [0.25, 0.3) is 22.7 Å². The fourth-order valence-corrected chi connectivity index (χ4v) is 1.61. The molecule has 0 bridgehead atoms. The predicted molar refractivity (Wildman–Crippen MR) is 59.9 cm³/mol. The van der Waals surface area contributed by atoms with Gasteiger partial charge in [0.25, 0.3) is 0 Å². The van der Waals surface area contributed by atoms with Crippen LogP contribution < -0.4 is 0 Å². The minimum Gasteiger partial charge on any atom is -0.334 e. The summed E-state index contributed by atoms with van der Waals surface area (Å²) in [6.45, 7) is 0. The molecular formula is C11H6F3N5. The minimum atomic E-state index is -4.48. The van der Waals surface area contributed by atoms with Crippen LogP contribution in [0.4, 0.5) is 13.2 Å². The summed E-state index contributed by atoms with van der Waals surface area (Å²) in [4.78, 5) is 18.1. The van der Waals surface area contributed by atoms with Crippen LogP contribution >= 0.6 is 0 Å². The number of imidazole rings is 1. The van der Waals surface area contributed by atoms with Gasteiger partial charge in [-0.2, -0.15) is 13.2 Å². The molecule has 3 rings (SSSR count). The smallest absolute Gasteiger partial charge is 0.334 e. The van der Waals surface area contributed by atoms with Gasteiger partial charge < -0.3 is 4.98 Å². The molecule has 0 spiro atoms. The van der Waals surface area contributed by atoms with E-state index in [9.17, 15) is 13.2 Å². The molecule has 3 aromatic rings. The summed E-state index contributed by atoms with van der Waals surface area (Å²) in [7, 11) is 0. The summed E-state index contributed by atoms with van der Waals surface area (Å²) in [6.07, 6.45) is -1.68. The zero-order valence-electron chi connectivity index (χ0n) is 9.31. The maximum Gasteiger partial charge on any atom is 0.433 e. The Balaban J connectivity index is 2.11. The van der Waals surface area contributed by atoms with E-state index in [2.05, 4.69) is 24.9 Å². The lowest BCUT2D eigenvalue weighted by Gasteiger charge is -2.05. The second kappa shape index (κ2) is 4.01. The summed E-state index contributed by atoms with van der Waals surface area (Å²) in [6, 6.07) is 3.64. The van der Waals surface area contributed by atoms with Crippen LogP contribution in [0.5, 0.6) is 0 Å². The maximum atomic E-state index is 12.6. The largest absolute Gasteiger partial charge is 0.433 e. The van der Waals surface area contributed by atoms with Crippen molar-refractivity contribution in [3.05, 3.63) is 36.4 Å². The Bertz CT molecular complexity index is 701. The first kappa shape index (κ1) is 11.6. The third-order valence-corrected chi connectivity index (χ3v) is 2.44. The van der Waals surface area contributed by atoms with Gasteiger partial charge in [0.2, 0.25) is 0 Å². The van der Waals surface area contributed by atoms with Gasteiger partial charge >= 0.3 is 6.18 Å². The van der Waals surface area contributed by atoms with Crippen LogP contribution in [0.1, 0.15) is 5.69 Å². The molecule has 0 fully saturated rings. The lowest BCUT2D eigenvalue weighted by Crippen LogP contribution is -2.08. The Morgan fingerprint density at radius 2 is 1.95 bits per heavy atom. The summed E-state index contributed by atoms with van der Waals surface area (Å²) >= 11 is 0. The van der Waals surface area contributed by atoms with Gasteiger partial charge in [0, 0.05) is 0 Å². The molecule has 19 heavy (non-hydrogen) atoms. The summed E-state index contributed by atoms with van der Waals surface area (Å²) in [5.74, 6) is 0.224. The lowest BCUT2D eigenvalue weighted by atomic mass is 10.3. The predicted octanol–water partition coefficient (Wildman–Crippen LogP) is 2.43. The van der Waals surface area contributed by atoms with Crippen molar-refractivity contribution in [2.24, 2.45) is 0 Å². The first-order valence-corrected chi connectivity index (χ1v) is 5.24. The van der Waals surface area contributed by atoms with E-state index in [0.717, 1.165) is 6.07 Å².